The van der Waals surface area contributed by atoms with E-state index in [0.717, 1.165) is 22.7 Å². The molecule has 2 aromatic rings. The first-order chi connectivity index (χ1) is 8.78. The molecule has 3 nitrogen and oxygen atoms in total. The van der Waals surface area contributed by atoms with E-state index in [1.165, 1.54) is 18.4 Å². The minimum absolute atomic E-state index is 0.627. The summed E-state index contributed by atoms with van der Waals surface area (Å²) in [7, 11) is 1.68. The Morgan fingerprint density at radius 1 is 1.28 bits per heavy atom. The van der Waals surface area contributed by atoms with Crippen molar-refractivity contribution in [3.63, 3.8) is 0 Å². The van der Waals surface area contributed by atoms with Gasteiger partial charge in [0.05, 0.1) is 24.7 Å². The minimum atomic E-state index is 0.627. The zero-order chi connectivity index (χ0) is 12.5. The number of nitrogens with two attached hydrogens (primary N) is 1. The topological polar surface area (TPSA) is 48.1 Å². The molecule has 1 aliphatic rings. The predicted octanol–water partition coefficient (Wildman–Crippen LogP) is 3.22. The van der Waals surface area contributed by atoms with Crippen LogP contribution >= 0.6 is 0 Å². The first-order valence-electron chi connectivity index (χ1n) is 6.18. The summed E-state index contributed by atoms with van der Waals surface area (Å²) < 4.78 is 5.26. The molecular formula is C15H16N2O. The van der Waals surface area contributed by atoms with Gasteiger partial charge in [-0.25, -0.2) is 0 Å². The third kappa shape index (κ3) is 2.04. The third-order valence-electron chi connectivity index (χ3n) is 3.30. The van der Waals surface area contributed by atoms with Crippen molar-refractivity contribution >= 4 is 5.69 Å². The number of nitrogens with zero attached hydrogens (tertiary/aromatic N) is 1. The number of anilines is 1. The van der Waals surface area contributed by atoms with Gasteiger partial charge in [-0.2, -0.15) is 0 Å². The normalized spacial score (nSPS) is 14.5. The van der Waals surface area contributed by atoms with Crippen molar-refractivity contribution in [2.45, 2.75) is 18.8 Å². The van der Waals surface area contributed by atoms with E-state index in [1.807, 2.05) is 18.2 Å². The molecule has 1 aromatic heterocycles. The molecule has 1 fully saturated rings. The van der Waals surface area contributed by atoms with Gasteiger partial charge in [-0.1, -0.05) is 12.1 Å². The van der Waals surface area contributed by atoms with Crippen LogP contribution < -0.4 is 10.5 Å². The van der Waals surface area contributed by atoms with Gasteiger partial charge in [-0.15, -0.1) is 0 Å². The lowest BCUT2D eigenvalue weighted by atomic mass is 10.0. The van der Waals surface area contributed by atoms with E-state index in [4.69, 9.17) is 10.5 Å². The maximum Gasteiger partial charge on any atom is 0.119 e. The highest BCUT2D eigenvalue weighted by Crippen LogP contribution is 2.44. The molecule has 3 heteroatoms. The van der Waals surface area contributed by atoms with Crippen molar-refractivity contribution < 1.29 is 4.74 Å². The second-order valence-electron chi connectivity index (χ2n) is 4.71. The first kappa shape index (κ1) is 11.1. The minimum Gasteiger partial charge on any atom is -0.497 e. The molecule has 1 aliphatic carbocycles. The highest BCUT2D eigenvalue weighted by molar-refractivity contribution is 5.67. The number of methoxy groups -OCH3 is 1. The van der Waals surface area contributed by atoms with E-state index in [9.17, 15) is 0 Å². The van der Waals surface area contributed by atoms with Crippen molar-refractivity contribution in [1.82, 2.24) is 4.98 Å². The Morgan fingerprint density at radius 3 is 2.83 bits per heavy atom. The van der Waals surface area contributed by atoms with Crippen LogP contribution in [0.15, 0.2) is 36.5 Å². The predicted molar refractivity (Wildman–Crippen MR) is 72.6 cm³/mol. The molecule has 0 bridgehead atoms. The summed E-state index contributed by atoms with van der Waals surface area (Å²) in [5.74, 6) is 1.48. The second-order valence-corrected chi connectivity index (χ2v) is 4.71. The lowest BCUT2D eigenvalue weighted by molar-refractivity contribution is 0.415. The molecule has 0 spiro atoms. The Labute approximate surface area is 107 Å². The highest BCUT2D eigenvalue weighted by atomic mass is 16.5. The first-order valence-corrected chi connectivity index (χ1v) is 6.18. The molecule has 1 aromatic carbocycles. The van der Waals surface area contributed by atoms with Gasteiger partial charge in [-0.3, -0.25) is 4.98 Å². The van der Waals surface area contributed by atoms with E-state index in [0.29, 0.717) is 5.92 Å². The van der Waals surface area contributed by atoms with E-state index in [1.54, 1.807) is 13.3 Å². The zero-order valence-corrected chi connectivity index (χ0v) is 10.4. The quantitative estimate of drug-likeness (QED) is 0.896. The van der Waals surface area contributed by atoms with Crippen molar-refractivity contribution in [3.8, 4) is 17.0 Å². The van der Waals surface area contributed by atoms with Crippen LogP contribution in [0.4, 0.5) is 5.69 Å². The summed E-state index contributed by atoms with van der Waals surface area (Å²) in [5.41, 5.74) is 9.97. The van der Waals surface area contributed by atoms with E-state index >= 15 is 0 Å². The monoisotopic (exact) mass is 240 g/mol. The van der Waals surface area contributed by atoms with Gasteiger partial charge in [0.15, 0.2) is 0 Å². The Bertz CT molecular complexity index is 576. The average Bonchev–Trinajstić information content (AvgIpc) is 3.23. The lowest BCUT2D eigenvalue weighted by Crippen LogP contribution is -1.95. The number of ether oxygens (including phenoxy) is 1. The van der Waals surface area contributed by atoms with Gasteiger partial charge < -0.3 is 10.5 Å². The Balaban J connectivity index is 2.09. The van der Waals surface area contributed by atoms with E-state index < -0.39 is 0 Å². The summed E-state index contributed by atoms with van der Waals surface area (Å²) >= 11 is 0. The Hall–Kier alpha value is -2.03. The fourth-order valence-electron chi connectivity index (χ4n) is 2.22. The maximum atomic E-state index is 5.84. The fourth-order valence-corrected chi connectivity index (χ4v) is 2.22. The molecule has 92 valence electrons. The molecule has 2 N–H and O–H groups in total. The summed E-state index contributed by atoms with van der Waals surface area (Å²) in [6, 6.07) is 10.1. The molecule has 3 rings (SSSR count). The summed E-state index contributed by atoms with van der Waals surface area (Å²) in [6.07, 6.45) is 4.20. The van der Waals surface area contributed by atoms with Crippen molar-refractivity contribution in [1.29, 1.82) is 0 Å². The van der Waals surface area contributed by atoms with Crippen molar-refractivity contribution in [3.05, 3.63) is 42.1 Å². The van der Waals surface area contributed by atoms with Crippen LogP contribution in [0.1, 0.15) is 24.3 Å². The van der Waals surface area contributed by atoms with Crippen LogP contribution in [0.3, 0.4) is 0 Å². The zero-order valence-electron chi connectivity index (χ0n) is 10.4. The summed E-state index contributed by atoms with van der Waals surface area (Å²) in [6.45, 7) is 0. The van der Waals surface area contributed by atoms with Crippen LogP contribution in [-0.2, 0) is 0 Å². The Kier molecular flexibility index (Phi) is 2.67. The highest BCUT2D eigenvalue weighted by Gasteiger charge is 2.27. The largest absolute Gasteiger partial charge is 0.497 e. The van der Waals surface area contributed by atoms with Gasteiger partial charge in [0.2, 0.25) is 0 Å². The molecular weight excluding hydrogens is 224 g/mol. The van der Waals surface area contributed by atoms with E-state index in [2.05, 4.69) is 17.1 Å². The van der Waals surface area contributed by atoms with Crippen LogP contribution in [0.2, 0.25) is 0 Å². The van der Waals surface area contributed by atoms with Gasteiger partial charge >= 0.3 is 0 Å². The number of benzene rings is 1. The summed E-state index contributed by atoms with van der Waals surface area (Å²) in [5, 5.41) is 0. The van der Waals surface area contributed by atoms with Crippen molar-refractivity contribution in [2.24, 2.45) is 0 Å². The molecule has 1 heterocycles. The molecule has 0 amide bonds. The van der Waals surface area contributed by atoms with E-state index in [-0.39, 0.29) is 0 Å². The lowest BCUT2D eigenvalue weighted by Gasteiger charge is -2.10. The smallest absolute Gasteiger partial charge is 0.119 e. The van der Waals surface area contributed by atoms with Gasteiger partial charge in [0.1, 0.15) is 5.75 Å². The number of hydrogen-bond donors (Lipinski definition) is 1. The van der Waals surface area contributed by atoms with Crippen LogP contribution in [0, 0.1) is 0 Å². The third-order valence-corrected chi connectivity index (χ3v) is 3.30. The standard InChI is InChI=1S/C15H16N2O/c1-18-13-4-2-3-11(7-13)15-14(10-5-6-10)8-12(16)9-17-15/h2-4,7-10H,5-6,16H2,1H3. The number of aromatic nitrogens is 1. The second kappa shape index (κ2) is 4.33. The number of pyridine rings is 1. The molecule has 0 unspecified atom stereocenters. The summed E-state index contributed by atoms with van der Waals surface area (Å²) in [4.78, 5) is 4.50. The number of rotatable bonds is 3. The molecule has 0 aliphatic heterocycles. The van der Waals surface area contributed by atoms with Crippen LogP contribution in [0.5, 0.6) is 5.75 Å². The van der Waals surface area contributed by atoms with Gasteiger partial charge in [-0.05, 0) is 42.5 Å². The average molecular weight is 240 g/mol. The maximum absolute atomic E-state index is 5.84. The fraction of sp³-hybridized carbons (Fsp3) is 0.267. The van der Waals surface area contributed by atoms with Crippen LogP contribution in [0.25, 0.3) is 11.3 Å². The molecule has 18 heavy (non-hydrogen) atoms. The van der Waals surface area contributed by atoms with Crippen LogP contribution in [-0.4, -0.2) is 12.1 Å². The van der Waals surface area contributed by atoms with Gasteiger partial charge in [0, 0.05) is 5.56 Å². The Morgan fingerprint density at radius 2 is 2.11 bits per heavy atom. The van der Waals surface area contributed by atoms with Crippen molar-refractivity contribution in [2.75, 3.05) is 12.8 Å². The molecule has 1 saturated carbocycles. The molecule has 0 atom stereocenters. The number of hydrogen-bond acceptors (Lipinski definition) is 3. The SMILES string of the molecule is COc1cccc(-c2ncc(N)cc2C2CC2)c1. The molecule has 0 saturated heterocycles. The van der Waals surface area contributed by atoms with Gasteiger partial charge in [0.25, 0.3) is 0 Å². The molecule has 0 radical (unpaired) electrons. The number of nitrogen functional groups attached to an aromatic ring is 1.